The molecule has 0 fully saturated rings. The summed E-state index contributed by atoms with van der Waals surface area (Å²) in [5, 5.41) is 11.2. The molecule has 0 saturated heterocycles. The Hall–Kier alpha value is -0.710. The molecule has 0 bridgehead atoms. The van der Waals surface area contributed by atoms with Gasteiger partial charge in [-0.3, -0.25) is 0 Å². The zero-order valence-corrected chi connectivity index (χ0v) is 14.6. The molecule has 0 saturated carbocycles. The number of nitriles is 1. The second kappa shape index (κ2) is 11.1. The molecule has 0 unspecified atom stereocenters. The average molecular weight is 389 g/mol. The molecule has 5 heteroatoms. The molecule has 0 amide bonds. The SMILES string of the molecule is CCN(CC)CC.N#CC(=S)Nc1ccc(I)cc1. The van der Waals surface area contributed by atoms with Gasteiger partial charge in [0.05, 0.1) is 0 Å². The molecule has 0 aromatic heterocycles. The smallest absolute Gasteiger partial charge is 0.182 e. The van der Waals surface area contributed by atoms with Crippen LogP contribution < -0.4 is 5.32 Å². The summed E-state index contributed by atoms with van der Waals surface area (Å²) in [4.78, 5) is 2.57. The minimum Gasteiger partial charge on any atom is -0.338 e. The van der Waals surface area contributed by atoms with Crippen LogP contribution in [-0.2, 0) is 0 Å². The second-order valence-corrected chi connectivity index (χ2v) is 5.35. The molecule has 0 radical (unpaired) electrons. The Morgan fingerprint density at radius 1 is 1.21 bits per heavy atom. The van der Waals surface area contributed by atoms with Gasteiger partial charge in [0, 0.05) is 9.26 Å². The minimum absolute atomic E-state index is 0.191. The van der Waals surface area contributed by atoms with Gasteiger partial charge in [-0.2, -0.15) is 5.26 Å². The molecule has 1 aromatic rings. The topological polar surface area (TPSA) is 39.1 Å². The lowest BCUT2D eigenvalue weighted by molar-refractivity contribution is 0.321. The number of anilines is 1. The number of hydrogen-bond donors (Lipinski definition) is 1. The number of rotatable bonds is 4. The maximum absolute atomic E-state index is 8.40. The predicted molar refractivity (Wildman–Crippen MR) is 94.5 cm³/mol. The van der Waals surface area contributed by atoms with Crippen molar-refractivity contribution in [1.29, 1.82) is 5.26 Å². The summed E-state index contributed by atoms with van der Waals surface area (Å²) >= 11 is 6.91. The van der Waals surface area contributed by atoms with Gasteiger partial charge in [-0.15, -0.1) is 0 Å². The Labute approximate surface area is 135 Å². The summed E-state index contributed by atoms with van der Waals surface area (Å²) in [6.45, 7) is 10.1. The molecular weight excluding hydrogens is 369 g/mol. The van der Waals surface area contributed by atoms with E-state index in [2.05, 4.69) is 53.6 Å². The van der Waals surface area contributed by atoms with Crippen molar-refractivity contribution in [3.05, 3.63) is 27.8 Å². The van der Waals surface area contributed by atoms with Crippen LogP contribution in [0.3, 0.4) is 0 Å². The van der Waals surface area contributed by atoms with Crippen molar-refractivity contribution < 1.29 is 0 Å². The number of halogens is 1. The van der Waals surface area contributed by atoms with E-state index in [0.29, 0.717) is 0 Å². The predicted octanol–water partition coefficient (Wildman–Crippen LogP) is 3.90. The molecule has 1 N–H and O–H groups in total. The van der Waals surface area contributed by atoms with E-state index in [0.717, 1.165) is 9.26 Å². The summed E-state index contributed by atoms with van der Waals surface area (Å²) < 4.78 is 1.15. The Morgan fingerprint density at radius 2 is 1.68 bits per heavy atom. The minimum atomic E-state index is 0.191. The van der Waals surface area contributed by atoms with Crippen LogP contribution in [0.4, 0.5) is 5.69 Å². The maximum Gasteiger partial charge on any atom is 0.182 e. The lowest BCUT2D eigenvalue weighted by Gasteiger charge is -2.13. The Bertz CT molecular complexity index is 402. The largest absolute Gasteiger partial charge is 0.338 e. The van der Waals surface area contributed by atoms with Crippen LogP contribution in [0.25, 0.3) is 0 Å². The van der Waals surface area contributed by atoms with E-state index in [1.807, 2.05) is 30.3 Å². The van der Waals surface area contributed by atoms with Gasteiger partial charge in [0.1, 0.15) is 6.07 Å². The zero-order valence-electron chi connectivity index (χ0n) is 11.6. The first-order valence-electron chi connectivity index (χ1n) is 6.26. The molecule has 0 spiro atoms. The highest BCUT2D eigenvalue weighted by Crippen LogP contribution is 2.10. The number of thiocarbonyl (C=S) groups is 1. The van der Waals surface area contributed by atoms with E-state index in [1.165, 1.54) is 19.6 Å². The van der Waals surface area contributed by atoms with Crippen molar-refractivity contribution in [3.63, 3.8) is 0 Å². The fraction of sp³-hybridized carbons (Fsp3) is 0.429. The third kappa shape index (κ3) is 8.92. The van der Waals surface area contributed by atoms with Crippen LogP contribution in [0.15, 0.2) is 24.3 Å². The van der Waals surface area contributed by atoms with Crippen molar-refractivity contribution in [2.24, 2.45) is 0 Å². The lowest BCUT2D eigenvalue weighted by atomic mass is 10.3. The third-order valence-electron chi connectivity index (χ3n) is 2.55. The van der Waals surface area contributed by atoms with Crippen molar-refractivity contribution in [2.75, 3.05) is 25.0 Å². The Morgan fingerprint density at radius 3 is 2.00 bits per heavy atom. The summed E-state index contributed by atoms with van der Waals surface area (Å²) in [6, 6.07) is 9.50. The molecule has 1 aromatic carbocycles. The first-order chi connectivity index (χ1) is 9.07. The second-order valence-electron chi connectivity index (χ2n) is 3.69. The average Bonchev–Trinajstić information content (AvgIpc) is 2.44. The quantitative estimate of drug-likeness (QED) is 0.626. The van der Waals surface area contributed by atoms with E-state index in [9.17, 15) is 0 Å². The van der Waals surface area contributed by atoms with Crippen molar-refractivity contribution >= 4 is 45.5 Å². The lowest BCUT2D eigenvalue weighted by Crippen LogP contribution is -2.21. The van der Waals surface area contributed by atoms with Gasteiger partial charge in [-0.1, -0.05) is 20.8 Å². The van der Waals surface area contributed by atoms with E-state index in [1.54, 1.807) is 0 Å². The molecule has 0 heterocycles. The molecule has 104 valence electrons. The molecular formula is C14H20IN3S. The van der Waals surface area contributed by atoms with Gasteiger partial charge in [0.25, 0.3) is 0 Å². The van der Waals surface area contributed by atoms with Crippen molar-refractivity contribution in [2.45, 2.75) is 20.8 Å². The Balaban J connectivity index is 0.000000399. The third-order valence-corrected chi connectivity index (χ3v) is 3.46. The maximum atomic E-state index is 8.40. The molecule has 0 aliphatic carbocycles. The fourth-order valence-corrected chi connectivity index (χ4v) is 1.84. The molecule has 0 aliphatic heterocycles. The Kier molecular flexibility index (Phi) is 10.7. The number of benzene rings is 1. The normalized spacial score (nSPS) is 9.26. The van der Waals surface area contributed by atoms with Crippen molar-refractivity contribution in [1.82, 2.24) is 4.90 Å². The fourth-order valence-electron chi connectivity index (χ4n) is 1.36. The first kappa shape index (κ1) is 18.3. The summed E-state index contributed by atoms with van der Waals surface area (Å²) in [5.41, 5.74) is 0.849. The zero-order chi connectivity index (χ0) is 14.7. The number of hydrogen-bond acceptors (Lipinski definition) is 3. The van der Waals surface area contributed by atoms with Gasteiger partial charge >= 0.3 is 0 Å². The van der Waals surface area contributed by atoms with Crippen LogP contribution in [0, 0.1) is 14.9 Å². The monoisotopic (exact) mass is 389 g/mol. The van der Waals surface area contributed by atoms with Crippen LogP contribution in [0.2, 0.25) is 0 Å². The van der Waals surface area contributed by atoms with Gasteiger partial charge in [0.15, 0.2) is 4.99 Å². The summed E-state index contributed by atoms with van der Waals surface area (Å²) in [6.07, 6.45) is 0. The standard InChI is InChI=1S/C8H5IN2S.C6H15N/c9-6-1-3-7(4-2-6)11-8(12)5-10;1-4-7(5-2)6-3/h1-4H,(H,11,12);4-6H2,1-3H3. The van der Waals surface area contributed by atoms with Crippen LogP contribution in [0.1, 0.15) is 20.8 Å². The number of nitrogens with one attached hydrogen (secondary N) is 1. The molecule has 0 atom stereocenters. The first-order valence-corrected chi connectivity index (χ1v) is 7.75. The van der Waals surface area contributed by atoms with Crippen molar-refractivity contribution in [3.8, 4) is 6.07 Å². The van der Waals surface area contributed by atoms with E-state index >= 15 is 0 Å². The molecule has 19 heavy (non-hydrogen) atoms. The van der Waals surface area contributed by atoms with E-state index in [-0.39, 0.29) is 4.99 Å². The molecule has 1 rings (SSSR count). The van der Waals surface area contributed by atoms with Gasteiger partial charge in [-0.05, 0) is 78.7 Å². The van der Waals surface area contributed by atoms with Gasteiger partial charge in [-0.25, -0.2) is 0 Å². The highest BCUT2D eigenvalue weighted by Gasteiger charge is 1.94. The highest BCUT2D eigenvalue weighted by atomic mass is 127. The van der Waals surface area contributed by atoms with E-state index in [4.69, 9.17) is 17.5 Å². The summed E-state index contributed by atoms with van der Waals surface area (Å²) in [5.74, 6) is 0. The van der Waals surface area contributed by atoms with Gasteiger partial charge < -0.3 is 10.2 Å². The van der Waals surface area contributed by atoms with Crippen LogP contribution in [0.5, 0.6) is 0 Å². The van der Waals surface area contributed by atoms with Crippen LogP contribution in [-0.4, -0.2) is 29.5 Å². The highest BCUT2D eigenvalue weighted by molar-refractivity contribution is 14.1. The van der Waals surface area contributed by atoms with E-state index < -0.39 is 0 Å². The van der Waals surface area contributed by atoms with Crippen LogP contribution >= 0.6 is 34.8 Å². The number of nitrogens with zero attached hydrogens (tertiary/aromatic N) is 2. The molecule has 0 aliphatic rings. The van der Waals surface area contributed by atoms with Gasteiger partial charge in [0.2, 0.25) is 0 Å². The summed E-state index contributed by atoms with van der Waals surface area (Å²) in [7, 11) is 0. The molecule has 3 nitrogen and oxygen atoms in total.